The molecular weight excluding hydrogens is 380 g/mol. The molecule has 0 atom stereocenters. The zero-order valence-corrected chi connectivity index (χ0v) is 16.8. The zero-order chi connectivity index (χ0) is 17.8. The van der Waals surface area contributed by atoms with E-state index in [1.54, 1.807) is 34.9 Å². The van der Waals surface area contributed by atoms with Crippen LogP contribution in [0.2, 0.25) is 0 Å². The largest absolute Gasteiger partial charge is 0.301 e. The van der Waals surface area contributed by atoms with Crippen molar-refractivity contribution in [2.24, 2.45) is 0 Å². The molecule has 7 heteroatoms. The Labute approximate surface area is 165 Å². The minimum absolute atomic E-state index is 0.768. The lowest BCUT2D eigenvalue weighted by Gasteiger charge is -2.09. The molecule has 0 spiro atoms. The van der Waals surface area contributed by atoms with Crippen LogP contribution in [0, 0.1) is 0 Å². The fourth-order valence-corrected chi connectivity index (χ4v) is 5.32. The average Bonchev–Trinajstić information content (AvgIpc) is 3.25. The highest BCUT2D eigenvalue weighted by atomic mass is 32.2. The Morgan fingerprint density at radius 2 is 1.77 bits per heavy atom. The van der Waals surface area contributed by atoms with E-state index in [2.05, 4.69) is 64.2 Å². The van der Waals surface area contributed by atoms with Gasteiger partial charge in [-0.05, 0) is 23.4 Å². The van der Waals surface area contributed by atoms with Crippen LogP contribution in [0.4, 0.5) is 0 Å². The van der Waals surface area contributed by atoms with Gasteiger partial charge in [-0.25, -0.2) is 4.98 Å². The molecule has 0 aliphatic heterocycles. The number of thiazole rings is 1. The summed E-state index contributed by atoms with van der Waals surface area (Å²) in [6, 6.07) is 18.7. The Hall–Kier alpha value is -1.83. The van der Waals surface area contributed by atoms with Gasteiger partial charge in [-0.1, -0.05) is 72.9 Å². The van der Waals surface area contributed by atoms with Gasteiger partial charge >= 0.3 is 0 Å². The summed E-state index contributed by atoms with van der Waals surface area (Å²) in [5.41, 5.74) is 2.32. The van der Waals surface area contributed by atoms with Gasteiger partial charge in [0.2, 0.25) is 0 Å². The van der Waals surface area contributed by atoms with Crippen LogP contribution in [0.15, 0.2) is 64.1 Å². The van der Waals surface area contributed by atoms with Crippen molar-refractivity contribution in [1.29, 1.82) is 0 Å². The molecule has 0 saturated carbocycles. The molecule has 0 fully saturated rings. The van der Waals surface area contributed by atoms with Gasteiger partial charge in [0.1, 0.15) is 5.82 Å². The summed E-state index contributed by atoms with van der Waals surface area (Å²) < 4.78 is 4.53. The summed E-state index contributed by atoms with van der Waals surface area (Å²) in [7, 11) is 0. The lowest BCUT2D eigenvalue weighted by atomic mass is 10.2. The number of rotatable bonds is 7. The summed E-state index contributed by atoms with van der Waals surface area (Å²) in [5.74, 6) is 2.75. The fourth-order valence-electron chi connectivity index (χ4n) is 2.63. The first-order chi connectivity index (χ1) is 12.8. The number of thioether (sulfide) groups is 2. The van der Waals surface area contributed by atoms with Crippen LogP contribution in [0.3, 0.4) is 0 Å². The molecule has 2 aromatic heterocycles. The summed E-state index contributed by atoms with van der Waals surface area (Å²) in [6.07, 6.45) is 0. The number of nitrogens with zero attached hydrogens (tertiary/aromatic N) is 4. The summed E-state index contributed by atoms with van der Waals surface area (Å²) in [4.78, 5) is 4.70. The van der Waals surface area contributed by atoms with Crippen molar-refractivity contribution in [2.75, 3.05) is 5.75 Å². The molecule has 0 bridgehead atoms. The van der Waals surface area contributed by atoms with Crippen molar-refractivity contribution in [3.05, 3.63) is 66.0 Å². The molecule has 0 amide bonds. The number of benzene rings is 2. The molecule has 4 aromatic rings. The fraction of sp³-hybridized carbons (Fsp3) is 0.211. The Bertz CT molecular complexity index is 961. The maximum atomic E-state index is 4.70. The number of fused-ring (bicyclic) bond motifs is 1. The second-order valence-electron chi connectivity index (χ2n) is 5.64. The molecule has 0 N–H and O–H groups in total. The molecule has 0 aliphatic carbocycles. The highest BCUT2D eigenvalue weighted by Crippen LogP contribution is 2.31. The van der Waals surface area contributed by atoms with E-state index < -0.39 is 0 Å². The number of hydrogen-bond donors (Lipinski definition) is 0. The van der Waals surface area contributed by atoms with Crippen LogP contribution >= 0.6 is 34.9 Å². The topological polar surface area (TPSA) is 43.6 Å². The van der Waals surface area contributed by atoms with Gasteiger partial charge < -0.3 is 4.57 Å². The predicted octanol–water partition coefficient (Wildman–Crippen LogP) is 5.34. The van der Waals surface area contributed by atoms with Gasteiger partial charge in [0.15, 0.2) is 9.50 Å². The molecule has 0 unspecified atom stereocenters. The first kappa shape index (κ1) is 17.6. The van der Waals surface area contributed by atoms with Gasteiger partial charge in [-0.3, -0.25) is 0 Å². The van der Waals surface area contributed by atoms with Crippen molar-refractivity contribution >= 4 is 45.1 Å². The molecule has 2 heterocycles. The molecule has 2 aromatic carbocycles. The van der Waals surface area contributed by atoms with E-state index in [9.17, 15) is 0 Å². The molecule has 0 aliphatic rings. The van der Waals surface area contributed by atoms with Gasteiger partial charge in [-0.15, -0.1) is 21.5 Å². The predicted molar refractivity (Wildman–Crippen MR) is 111 cm³/mol. The molecule has 132 valence electrons. The maximum absolute atomic E-state index is 4.70. The van der Waals surface area contributed by atoms with Crippen molar-refractivity contribution in [2.45, 2.75) is 28.7 Å². The Morgan fingerprint density at radius 3 is 2.58 bits per heavy atom. The minimum Gasteiger partial charge on any atom is -0.301 e. The minimum atomic E-state index is 0.768. The van der Waals surface area contributed by atoms with Crippen LogP contribution in [0.1, 0.15) is 18.3 Å². The number of hydrogen-bond acceptors (Lipinski definition) is 6. The zero-order valence-electron chi connectivity index (χ0n) is 14.3. The van der Waals surface area contributed by atoms with Crippen LogP contribution < -0.4 is 0 Å². The van der Waals surface area contributed by atoms with Crippen molar-refractivity contribution in [3.8, 4) is 0 Å². The van der Waals surface area contributed by atoms with Crippen LogP contribution in [-0.4, -0.2) is 25.5 Å². The van der Waals surface area contributed by atoms with Crippen LogP contribution in [0.5, 0.6) is 0 Å². The SMILES string of the molecule is CCSc1nnc(CSc2nc3ccccc3s2)n1Cc1ccccc1. The van der Waals surface area contributed by atoms with E-state index in [4.69, 9.17) is 4.98 Å². The van der Waals surface area contributed by atoms with Crippen LogP contribution in [0.25, 0.3) is 10.2 Å². The lowest BCUT2D eigenvalue weighted by molar-refractivity contribution is 0.685. The summed E-state index contributed by atoms with van der Waals surface area (Å²) in [6.45, 7) is 2.94. The van der Waals surface area contributed by atoms with E-state index in [1.165, 1.54) is 10.3 Å². The summed E-state index contributed by atoms with van der Waals surface area (Å²) in [5, 5.41) is 9.83. The smallest absolute Gasteiger partial charge is 0.191 e. The lowest BCUT2D eigenvalue weighted by Crippen LogP contribution is -2.06. The van der Waals surface area contributed by atoms with E-state index in [-0.39, 0.29) is 0 Å². The average molecular weight is 399 g/mol. The molecule has 4 rings (SSSR count). The van der Waals surface area contributed by atoms with E-state index >= 15 is 0 Å². The molecule has 0 radical (unpaired) electrons. The summed E-state index contributed by atoms with van der Waals surface area (Å²) >= 11 is 5.20. The third kappa shape index (κ3) is 3.95. The van der Waals surface area contributed by atoms with Crippen molar-refractivity contribution < 1.29 is 0 Å². The maximum Gasteiger partial charge on any atom is 0.191 e. The molecule has 4 nitrogen and oxygen atoms in total. The van der Waals surface area contributed by atoms with Crippen molar-refractivity contribution in [3.63, 3.8) is 0 Å². The molecular formula is C19H18N4S3. The third-order valence-corrected chi connectivity index (χ3v) is 6.87. The van der Waals surface area contributed by atoms with Crippen LogP contribution in [-0.2, 0) is 12.3 Å². The van der Waals surface area contributed by atoms with Gasteiger partial charge in [0, 0.05) is 0 Å². The standard InChI is InChI=1S/C19H18N4S3/c1-2-24-18-22-21-17(23(18)12-14-8-4-3-5-9-14)13-25-19-20-15-10-6-7-11-16(15)26-19/h3-11H,2,12-13H2,1H3. The van der Waals surface area contributed by atoms with E-state index in [0.29, 0.717) is 0 Å². The van der Waals surface area contributed by atoms with Gasteiger partial charge in [0.05, 0.1) is 22.5 Å². The monoisotopic (exact) mass is 398 g/mol. The van der Waals surface area contributed by atoms with E-state index in [0.717, 1.165) is 38.9 Å². The van der Waals surface area contributed by atoms with Crippen molar-refractivity contribution in [1.82, 2.24) is 19.7 Å². The Morgan fingerprint density at radius 1 is 0.962 bits per heavy atom. The number of aromatic nitrogens is 4. The molecule has 0 saturated heterocycles. The highest BCUT2D eigenvalue weighted by molar-refractivity contribution is 8.00. The normalized spacial score (nSPS) is 11.3. The van der Waals surface area contributed by atoms with E-state index in [1.807, 2.05) is 12.1 Å². The third-order valence-electron chi connectivity index (χ3n) is 3.85. The second kappa shape index (κ2) is 8.24. The Balaban J connectivity index is 1.55. The Kier molecular flexibility index (Phi) is 5.57. The van der Waals surface area contributed by atoms with Gasteiger partial charge in [-0.2, -0.15) is 0 Å². The number of para-hydroxylation sites is 1. The highest BCUT2D eigenvalue weighted by Gasteiger charge is 2.14. The second-order valence-corrected chi connectivity index (χ2v) is 9.12. The van der Waals surface area contributed by atoms with Gasteiger partial charge in [0.25, 0.3) is 0 Å². The first-order valence-corrected chi connectivity index (χ1v) is 11.2. The first-order valence-electron chi connectivity index (χ1n) is 8.40. The quantitative estimate of drug-likeness (QED) is 0.393. The molecule has 26 heavy (non-hydrogen) atoms.